The highest BCUT2D eigenvalue weighted by Gasteiger charge is 2.22. The van der Waals surface area contributed by atoms with Crippen LogP contribution in [0, 0.1) is 0 Å². The fourth-order valence-corrected chi connectivity index (χ4v) is 1.19. The summed E-state index contributed by atoms with van der Waals surface area (Å²) in [5.41, 5.74) is 0. The molecular weight excluding hydrogens is 218 g/mol. The van der Waals surface area contributed by atoms with Crippen LogP contribution in [0.1, 0.15) is 0 Å². The second-order valence-electron chi connectivity index (χ2n) is 2.10. The van der Waals surface area contributed by atoms with Crippen LogP contribution in [-0.2, 0) is 9.24 Å². The highest BCUT2D eigenvalue weighted by molar-refractivity contribution is 7.47. The lowest BCUT2D eigenvalue weighted by Crippen LogP contribution is -1.93. The van der Waals surface area contributed by atoms with Crippen LogP contribution in [0.5, 0.6) is 5.75 Å². The molecule has 1 atom stereocenters. The van der Waals surface area contributed by atoms with E-state index in [9.17, 15) is 4.57 Å². The fourth-order valence-electron chi connectivity index (χ4n) is 0.645. The second-order valence-corrected chi connectivity index (χ2v) is 3.81. The van der Waals surface area contributed by atoms with Crippen molar-refractivity contribution < 1.29 is 23.9 Å². The highest BCUT2D eigenvalue weighted by atomic mass is 35.5. The molecule has 0 amide bonds. The molecule has 2 N–H and O–H groups in total. The van der Waals surface area contributed by atoms with Gasteiger partial charge in [-0.2, -0.15) is 0 Å². The van der Waals surface area contributed by atoms with Crippen molar-refractivity contribution in [3.05, 3.63) is 29.3 Å². The van der Waals surface area contributed by atoms with E-state index in [-0.39, 0.29) is 5.75 Å². The van der Waals surface area contributed by atoms with Gasteiger partial charge in [0.25, 0.3) is 0 Å². The zero-order valence-electron chi connectivity index (χ0n) is 6.25. The number of phosphoric acid groups is 1. The van der Waals surface area contributed by atoms with Crippen molar-refractivity contribution in [2.75, 3.05) is 0 Å². The molecule has 0 fully saturated rings. The molecule has 1 unspecified atom stereocenters. The van der Waals surface area contributed by atoms with Crippen molar-refractivity contribution in [3.8, 4) is 5.75 Å². The quantitative estimate of drug-likeness (QED) is 0.468. The van der Waals surface area contributed by atoms with E-state index in [4.69, 9.17) is 21.8 Å². The maximum Gasteiger partial charge on any atom is 0.555 e. The molecule has 72 valence electrons. The summed E-state index contributed by atoms with van der Waals surface area (Å²) in [7, 11) is -4.40. The Hall–Kier alpha value is -0.580. The molecule has 1 aromatic carbocycles. The Morgan fingerprint density at radius 2 is 1.85 bits per heavy atom. The maximum atomic E-state index is 10.7. The number of rotatable bonds is 3. The molecule has 0 heterocycles. The lowest BCUT2D eigenvalue weighted by atomic mass is 10.3. The van der Waals surface area contributed by atoms with Gasteiger partial charge >= 0.3 is 7.82 Å². The third-order valence-corrected chi connectivity index (χ3v) is 2.04. The Kier molecular flexibility index (Phi) is 3.30. The molecule has 0 saturated heterocycles. The van der Waals surface area contributed by atoms with Crippen LogP contribution in [0.15, 0.2) is 24.3 Å². The Bertz CT molecular complexity index is 324. The van der Waals surface area contributed by atoms with E-state index in [1.54, 1.807) is 0 Å². The normalized spacial score (nSPS) is 15.0. The van der Waals surface area contributed by atoms with E-state index < -0.39 is 7.82 Å². The molecule has 1 rings (SSSR count). The molecule has 0 aliphatic carbocycles. The number of benzene rings is 1. The van der Waals surface area contributed by atoms with E-state index in [1.807, 2.05) is 0 Å². The summed E-state index contributed by atoms with van der Waals surface area (Å²) < 4.78 is 18.3. The SMILES string of the molecule is O=P(O)(OO)Oc1ccc(Cl)cc1. The number of phosphoric ester groups is 1. The van der Waals surface area contributed by atoms with Gasteiger partial charge in [-0.05, 0) is 24.3 Å². The number of halogens is 1. The average Bonchev–Trinajstić information content (AvgIpc) is 2.09. The van der Waals surface area contributed by atoms with E-state index in [2.05, 4.69) is 9.20 Å². The van der Waals surface area contributed by atoms with Crippen LogP contribution >= 0.6 is 19.4 Å². The van der Waals surface area contributed by atoms with Gasteiger partial charge in [-0.1, -0.05) is 11.6 Å². The summed E-state index contributed by atoms with van der Waals surface area (Å²) in [4.78, 5) is 8.67. The van der Waals surface area contributed by atoms with Crippen molar-refractivity contribution in [1.29, 1.82) is 0 Å². The van der Waals surface area contributed by atoms with Gasteiger partial charge in [0.1, 0.15) is 5.75 Å². The zero-order valence-corrected chi connectivity index (χ0v) is 7.90. The predicted molar refractivity (Wildman–Crippen MR) is 45.6 cm³/mol. The average molecular weight is 225 g/mol. The Labute approximate surface area is 79.0 Å². The maximum absolute atomic E-state index is 10.7. The molecule has 0 aliphatic heterocycles. The van der Waals surface area contributed by atoms with Gasteiger partial charge in [0.2, 0.25) is 0 Å². The van der Waals surface area contributed by atoms with Crippen LogP contribution < -0.4 is 4.52 Å². The molecule has 13 heavy (non-hydrogen) atoms. The van der Waals surface area contributed by atoms with Gasteiger partial charge in [0.05, 0.1) is 0 Å². The molecule has 5 nitrogen and oxygen atoms in total. The molecule has 0 saturated carbocycles. The minimum absolute atomic E-state index is 0.0734. The largest absolute Gasteiger partial charge is 0.555 e. The number of hydrogen-bond donors (Lipinski definition) is 2. The van der Waals surface area contributed by atoms with Crippen molar-refractivity contribution in [2.45, 2.75) is 0 Å². The minimum atomic E-state index is -4.40. The number of hydrogen-bond acceptors (Lipinski definition) is 4. The first-order chi connectivity index (χ1) is 6.03. The molecule has 1 aromatic rings. The molecule has 0 bridgehead atoms. The summed E-state index contributed by atoms with van der Waals surface area (Å²) in [5.74, 6) is 0.0734. The first-order valence-electron chi connectivity index (χ1n) is 3.14. The van der Waals surface area contributed by atoms with Crippen molar-refractivity contribution in [3.63, 3.8) is 0 Å². The summed E-state index contributed by atoms with van der Waals surface area (Å²) >= 11 is 5.55. The van der Waals surface area contributed by atoms with E-state index in [0.717, 1.165) is 0 Å². The summed E-state index contributed by atoms with van der Waals surface area (Å²) in [5, 5.41) is 8.41. The van der Waals surface area contributed by atoms with Crippen LogP contribution in [-0.4, -0.2) is 10.2 Å². The molecule has 7 heteroatoms. The summed E-state index contributed by atoms with van der Waals surface area (Å²) in [6, 6.07) is 5.66. The topological polar surface area (TPSA) is 76.0 Å². The predicted octanol–water partition coefficient (Wildman–Crippen LogP) is 2.31. The minimum Gasteiger partial charge on any atom is -0.403 e. The van der Waals surface area contributed by atoms with Crippen LogP contribution in [0.2, 0.25) is 5.02 Å². The van der Waals surface area contributed by atoms with Gasteiger partial charge in [0, 0.05) is 5.02 Å². The van der Waals surface area contributed by atoms with Gasteiger partial charge < -0.3 is 4.52 Å². The van der Waals surface area contributed by atoms with Crippen LogP contribution in [0.4, 0.5) is 0 Å². The van der Waals surface area contributed by atoms with Gasteiger partial charge in [-0.15, -0.1) is 4.67 Å². The van der Waals surface area contributed by atoms with Gasteiger partial charge in [-0.3, -0.25) is 4.89 Å². The smallest absolute Gasteiger partial charge is 0.403 e. The summed E-state index contributed by atoms with van der Waals surface area (Å²) in [6.07, 6.45) is 0. The van der Waals surface area contributed by atoms with Crippen molar-refractivity contribution in [2.24, 2.45) is 0 Å². The molecule has 0 aliphatic rings. The molecular formula is C6H6ClO5P. The monoisotopic (exact) mass is 224 g/mol. The lowest BCUT2D eigenvalue weighted by Gasteiger charge is -2.07. The molecule has 0 radical (unpaired) electrons. The Balaban J connectivity index is 2.75. The first-order valence-corrected chi connectivity index (χ1v) is 5.02. The fraction of sp³-hybridized carbons (Fsp3) is 0. The zero-order chi connectivity index (χ0) is 9.90. The highest BCUT2D eigenvalue weighted by Crippen LogP contribution is 2.42. The van der Waals surface area contributed by atoms with E-state index in [0.29, 0.717) is 5.02 Å². The lowest BCUT2D eigenvalue weighted by molar-refractivity contribution is -0.156. The van der Waals surface area contributed by atoms with Crippen LogP contribution in [0.3, 0.4) is 0 Å². The van der Waals surface area contributed by atoms with Crippen molar-refractivity contribution >= 4 is 19.4 Å². The van der Waals surface area contributed by atoms with E-state index >= 15 is 0 Å². The van der Waals surface area contributed by atoms with Crippen molar-refractivity contribution in [1.82, 2.24) is 0 Å². The molecule has 0 aromatic heterocycles. The third-order valence-electron chi connectivity index (χ3n) is 1.14. The third kappa shape index (κ3) is 3.34. The van der Waals surface area contributed by atoms with Crippen LogP contribution in [0.25, 0.3) is 0 Å². The van der Waals surface area contributed by atoms with Gasteiger partial charge in [0.15, 0.2) is 0 Å². The standard InChI is InChI=1S/C6H6ClO5P/c7-5-1-3-6(4-2-5)11-13(9,10)12-8/h1-4,8H,(H,9,10). The Morgan fingerprint density at radius 1 is 1.31 bits per heavy atom. The second kappa shape index (κ2) is 4.09. The molecule has 0 spiro atoms. The first kappa shape index (κ1) is 10.5. The van der Waals surface area contributed by atoms with E-state index in [1.165, 1.54) is 24.3 Å². The van der Waals surface area contributed by atoms with Gasteiger partial charge in [-0.25, -0.2) is 9.82 Å². The Morgan fingerprint density at radius 3 is 2.31 bits per heavy atom. The summed E-state index contributed by atoms with van der Waals surface area (Å²) in [6.45, 7) is 0.